The fourth-order valence-corrected chi connectivity index (χ4v) is 6.88. The molecule has 0 radical (unpaired) electrons. The van der Waals surface area contributed by atoms with E-state index in [1.165, 1.54) is 32.2 Å². The number of methoxy groups -OCH3 is 1. The van der Waals surface area contributed by atoms with E-state index in [4.69, 9.17) is 19.9 Å². The van der Waals surface area contributed by atoms with Gasteiger partial charge in [-0.05, 0) is 44.2 Å². The average Bonchev–Trinajstić information content (AvgIpc) is 3.09. The summed E-state index contributed by atoms with van der Waals surface area (Å²) in [5, 5.41) is 50.2. The van der Waals surface area contributed by atoms with Crippen molar-refractivity contribution in [2.75, 3.05) is 26.1 Å². The molecular weight excluding hydrogens is 684 g/mol. The Morgan fingerprint density at radius 1 is 1.06 bits per heavy atom. The van der Waals surface area contributed by atoms with Crippen molar-refractivity contribution in [3.63, 3.8) is 0 Å². The van der Waals surface area contributed by atoms with Crippen molar-refractivity contribution in [3.8, 4) is 17.2 Å². The number of anilines is 1. The summed E-state index contributed by atoms with van der Waals surface area (Å²) in [6.45, 7) is 3.10. The van der Waals surface area contributed by atoms with Gasteiger partial charge in [0.15, 0.2) is 12.1 Å². The highest BCUT2D eigenvalue weighted by atomic mass is 35.5. The van der Waals surface area contributed by atoms with Gasteiger partial charge in [0.2, 0.25) is 5.78 Å². The standard InChI is InChI=1S/C36H40N4O10.ClH/c1-16-30(41)22(37)13-25(49-16)50-24-15-36(47,17(2)38-39-35(46)18-9-11-19(12-10-18)40(3)4)14-21-27(24)34(45)29-28(32(21)43)31(42)20-7-6-8-23(48-5)26(20)33(29)44;/h6-12,16,22,24-25,30,41,43,45,47H,13-15,37H2,1-5H3,(H,39,46);1H/b38-17+;/t16-,22-,24-,25-,30+,36-;/m0./s1. The number of hydrogen-bond donors (Lipinski definition) is 6. The second-order valence-electron chi connectivity index (χ2n) is 13.2. The lowest BCUT2D eigenvalue weighted by Crippen LogP contribution is -2.52. The number of rotatable bonds is 7. The number of nitrogens with two attached hydrogens (primary N) is 1. The molecule has 51 heavy (non-hydrogen) atoms. The van der Waals surface area contributed by atoms with E-state index >= 15 is 0 Å². The first-order chi connectivity index (χ1) is 23.7. The van der Waals surface area contributed by atoms with Crippen LogP contribution in [0, 0.1) is 0 Å². The number of ether oxygens (including phenoxy) is 3. The van der Waals surface area contributed by atoms with Crippen LogP contribution in [0.5, 0.6) is 17.2 Å². The number of nitrogens with zero attached hydrogens (tertiary/aromatic N) is 2. The number of carbonyl (C=O) groups excluding carboxylic acids is 3. The number of benzene rings is 3. The van der Waals surface area contributed by atoms with Gasteiger partial charge in [-0.1, -0.05) is 12.1 Å². The SMILES string of the molecule is COc1cccc2c1C(=O)c1c(O)c3c(c(O)c1C2=O)C[C@@](O)(/C(C)=N/NC(=O)c1ccc(N(C)C)cc1)C[C@@H]3O[C@H]1C[C@H](N)[C@H](O)[C@H](C)O1.Cl. The zero-order valence-electron chi connectivity index (χ0n) is 28.7. The Balaban J connectivity index is 0.00000504. The van der Waals surface area contributed by atoms with Crippen LogP contribution in [0.2, 0.25) is 0 Å². The number of aliphatic hydroxyl groups is 2. The molecule has 1 saturated heterocycles. The molecule has 3 aliphatic rings. The minimum Gasteiger partial charge on any atom is -0.507 e. The number of halogens is 1. The molecule has 3 aromatic carbocycles. The van der Waals surface area contributed by atoms with E-state index in [0.29, 0.717) is 5.56 Å². The number of ketones is 2. The molecule has 6 atom stereocenters. The molecule has 3 aromatic rings. The lowest BCUT2D eigenvalue weighted by Gasteiger charge is -2.42. The average molecular weight is 725 g/mol. The Labute approximate surface area is 300 Å². The molecule has 15 heteroatoms. The van der Waals surface area contributed by atoms with E-state index in [9.17, 15) is 34.8 Å². The highest BCUT2D eigenvalue weighted by Crippen LogP contribution is 2.52. The maximum atomic E-state index is 13.9. The van der Waals surface area contributed by atoms with Crippen molar-refractivity contribution < 1.29 is 49.0 Å². The van der Waals surface area contributed by atoms with Gasteiger partial charge in [0.25, 0.3) is 5.91 Å². The van der Waals surface area contributed by atoms with Gasteiger partial charge >= 0.3 is 0 Å². The summed E-state index contributed by atoms with van der Waals surface area (Å²) in [4.78, 5) is 42.6. The quantitative estimate of drug-likeness (QED) is 0.0923. The number of phenols is 2. The summed E-state index contributed by atoms with van der Waals surface area (Å²) in [6.07, 6.45) is -4.56. The molecule has 0 spiro atoms. The normalized spacial score (nSPS) is 25.6. The largest absolute Gasteiger partial charge is 0.507 e. The van der Waals surface area contributed by atoms with Crippen LogP contribution in [-0.4, -0.2) is 95.0 Å². The second-order valence-corrected chi connectivity index (χ2v) is 13.2. The van der Waals surface area contributed by atoms with Gasteiger partial charge in [-0.25, -0.2) is 5.43 Å². The van der Waals surface area contributed by atoms with Gasteiger partial charge in [0, 0.05) is 67.3 Å². The predicted molar refractivity (Wildman–Crippen MR) is 188 cm³/mol. The number of carbonyl (C=O) groups is 3. The van der Waals surface area contributed by atoms with Gasteiger partial charge in [0.1, 0.15) is 22.8 Å². The van der Waals surface area contributed by atoms with Crippen LogP contribution in [0.3, 0.4) is 0 Å². The predicted octanol–water partition coefficient (Wildman–Crippen LogP) is 2.73. The van der Waals surface area contributed by atoms with E-state index in [1.807, 2.05) is 19.0 Å². The minimum absolute atomic E-state index is 0. The van der Waals surface area contributed by atoms with Crippen LogP contribution >= 0.6 is 12.4 Å². The van der Waals surface area contributed by atoms with Crippen molar-refractivity contribution in [3.05, 3.63) is 81.4 Å². The van der Waals surface area contributed by atoms with E-state index in [1.54, 1.807) is 31.2 Å². The summed E-state index contributed by atoms with van der Waals surface area (Å²) < 4.78 is 17.5. The molecule has 0 bridgehead atoms. The van der Waals surface area contributed by atoms with E-state index in [2.05, 4.69) is 10.5 Å². The lowest BCUT2D eigenvalue weighted by atomic mass is 9.71. The molecule has 272 valence electrons. The van der Waals surface area contributed by atoms with E-state index < -0.39 is 76.3 Å². The van der Waals surface area contributed by atoms with Crippen molar-refractivity contribution in [2.45, 2.75) is 69.4 Å². The molecule has 1 aliphatic heterocycles. The van der Waals surface area contributed by atoms with E-state index in [0.717, 1.165) is 5.69 Å². The van der Waals surface area contributed by atoms with Gasteiger partial charge in [-0.3, -0.25) is 14.4 Å². The molecule has 14 nitrogen and oxygen atoms in total. The molecule has 1 heterocycles. The third-order valence-corrected chi connectivity index (χ3v) is 9.79. The van der Waals surface area contributed by atoms with Crippen molar-refractivity contribution in [2.24, 2.45) is 10.8 Å². The van der Waals surface area contributed by atoms with Gasteiger partial charge < -0.3 is 45.3 Å². The highest BCUT2D eigenvalue weighted by molar-refractivity contribution is 6.31. The summed E-state index contributed by atoms with van der Waals surface area (Å²) in [5.41, 5.74) is 6.94. The highest BCUT2D eigenvalue weighted by Gasteiger charge is 2.49. The number of aliphatic hydroxyl groups excluding tert-OH is 1. The zero-order chi connectivity index (χ0) is 36.2. The van der Waals surface area contributed by atoms with Crippen LogP contribution in [-0.2, 0) is 15.9 Å². The van der Waals surface area contributed by atoms with Gasteiger partial charge in [-0.15, -0.1) is 12.4 Å². The Bertz CT molecular complexity index is 1900. The molecule has 0 unspecified atom stereocenters. The van der Waals surface area contributed by atoms with Crippen LogP contribution in [0.25, 0.3) is 0 Å². The summed E-state index contributed by atoms with van der Waals surface area (Å²) in [6, 6.07) is 10.6. The summed E-state index contributed by atoms with van der Waals surface area (Å²) in [5.74, 6) is -3.11. The number of fused-ring (bicyclic) bond motifs is 3. The van der Waals surface area contributed by atoms with Crippen molar-refractivity contribution >= 4 is 41.3 Å². The maximum Gasteiger partial charge on any atom is 0.271 e. The molecule has 0 saturated carbocycles. The number of amides is 1. The molecule has 1 fully saturated rings. The maximum absolute atomic E-state index is 13.9. The first kappa shape index (κ1) is 37.7. The van der Waals surface area contributed by atoms with Crippen LogP contribution in [0.1, 0.15) is 86.1 Å². The van der Waals surface area contributed by atoms with Crippen molar-refractivity contribution in [1.29, 1.82) is 0 Å². The second kappa shape index (κ2) is 14.2. The third kappa shape index (κ3) is 6.54. The number of nitrogens with one attached hydrogen (secondary N) is 1. The first-order valence-electron chi connectivity index (χ1n) is 16.1. The Hall–Kier alpha value is -4.57. The molecular formula is C36H41ClN4O10. The molecule has 6 rings (SSSR count). The number of aromatic hydroxyl groups is 2. The van der Waals surface area contributed by atoms with Gasteiger partial charge in [0.05, 0.1) is 47.8 Å². The zero-order valence-corrected chi connectivity index (χ0v) is 29.5. The number of hydrazone groups is 1. The number of hydrogen-bond acceptors (Lipinski definition) is 13. The smallest absolute Gasteiger partial charge is 0.271 e. The van der Waals surface area contributed by atoms with Crippen LogP contribution < -0.4 is 20.8 Å². The molecule has 7 N–H and O–H groups in total. The molecule has 2 aliphatic carbocycles. The molecule has 1 amide bonds. The topological polar surface area (TPSA) is 213 Å². The fourth-order valence-electron chi connectivity index (χ4n) is 6.88. The summed E-state index contributed by atoms with van der Waals surface area (Å²) in [7, 11) is 5.09. The third-order valence-electron chi connectivity index (χ3n) is 9.79. The minimum atomic E-state index is -1.90. The summed E-state index contributed by atoms with van der Waals surface area (Å²) >= 11 is 0. The van der Waals surface area contributed by atoms with E-state index in [-0.39, 0.29) is 65.4 Å². The number of phenolic OH excluding ortho intramolecular Hbond substituents is 2. The first-order valence-corrected chi connectivity index (χ1v) is 16.1. The Morgan fingerprint density at radius 3 is 2.35 bits per heavy atom. The fraction of sp³-hybridized carbons (Fsp3) is 0.389. The van der Waals surface area contributed by atoms with Crippen LogP contribution in [0.4, 0.5) is 5.69 Å². The monoisotopic (exact) mass is 724 g/mol. The Morgan fingerprint density at radius 2 is 1.73 bits per heavy atom. The lowest BCUT2D eigenvalue weighted by molar-refractivity contribution is -0.245. The molecule has 0 aromatic heterocycles. The van der Waals surface area contributed by atoms with Gasteiger partial charge in [-0.2, -0.15) is 5.10 Å². The van der Waals surface area contributed by atoms with Crippen molar-refractivity contribution in [1.82, 2.24) is 5.43 Å². The van der Waals surface area contributed by atoms with Crippen LogP contribution in [0.15, 0.2) is 47.6 Å². The Kier molecular flexibility index (Phi) is 10.5.